The van der Waals surface area contributed by atoms with Crippen molar-refractivity contribution in [1.29, 1.82) is 0 Å². The highest BCUT2D eigenvalue weighted by molar-refractivity contribution is 5.85. The van der Waals surface area contributed by atoms with E-state index in [9.17, 15) is 4.79 Å². The minimum atomic E-state index is -0.960. The standard InChI is InChI=1S/C7H11N3O2.2ClH/c8-6(7(11)12)2-1-5-3-9-10-4-5;;/h3-4,6H,1-2,8H2,(H,9,10)(H,11,12);2*1H/t6-;;/m0../s1. The first-order valence-electron chi connectivity index (χ1n) is 3.66. The molecule has 0 spiro atoms. The maximum Gasteiger partial charge on any atom is 0.320 e. The van der Waals surface area contributed by atoms with Crippen molar-refractivity contribution in [3.8, 4) is 0 Å². The number of aryl methyl sites for hydroxylation is 1. The van der Waals surface area contributed by atoms with Crippen LogP contribution in [0, 0.1) is 0 Å². The number of nitrogens with zero attached hydrogens (tertiary/aromatic N) is 1. The number of aromatic amines is 1. The first-order chi connectivity index (χ1) is 5.70. The van der Waals surface area contributed by atoms with Crippen LogP contribution in [0.1, 0.15) is 12.0 Å². The molecule has 4 N–H and O–H groups in total. The van der Waals surface area contributed by atoms with E-state index in [1.54, 1.807) is 12.4 Å². The molecule has 0 aromatic carbocycles. The molecule has 1 aromatic rings. The van der Waals surface area contributed by atoms with Crippen LogP contribution in [0.2, 0.25) is 0 Å². The zero-order chi connectivity index (χ0) is 8.97. The Morgan fingerprint density at radius 3 is 2.71 bits per heavy atom. The van der Waals surface area contributed by atoms with Crippen LogP contribution < -0.4 is 5.73 Å². The Hall–Kier alpha value is -0.780. The molecule has 0 aliphatic carbocycles. The Morgan fingerprint density at radius 1 is 1.64 bits per heavy atom. The maximum absolute atomic E-state index is 10.3. The van der Waals surface area contributed by atoms with Gasteiger partial charge in [0.1, 0.15) is 6.04 Å². The lowest BCUT2D eigenvalue weighted by Gasteiger charge is -2.03. The summed E-state index contributed by atoms with van der Waals surface area (Å²) in [6.07, 6.45) is 4.47. The Bertz CT molecular complexity index is 253. The van der Waals surface area contributed by atoms with Gasteiger partial charge in [-0.2, -0.15) is 5.10 Å². The number of H-pyrrole nitrogens is 1. The van der Waals surface area contributed by atoms with Crippen molar-refractivity contribution in [2.24, 2.45) is 5.73 Å². The van der Waals surface area contributed by atoms with Gasteiger partial charge in [-0.25, -0.2) is 0 Å². The zero-order valence-electron chi connectivity index (χ0n) is 7.34. The molecule has 0 fully saturated rings. The van der Waals surface area contributed by atoms with Crippen LogP contribution in [0.15, 0.2) is 12.4 Å². The second kappa shape index (κ2) is 7.61. The predicted octanol–water partition coefficient (Wildman–Crippen LogP) is 0.598. The second-order valence-electron chi connectivity index (χ2n) is 2.59. The van der Waals surface area contributed by atoms with Gasteiger partial charge in [-0.15, -0.1) is 24.8 Å². The lowest BCUT2D eigenvalue weighted by Crippen LogP contribution is -2.30. The molecule has 1 rings (SSSR count). The molecule has 0 saturated heterocycles. The molecule has 7 heteroatoms. The van der Waals surface area contributed by atoms with E-state index in [4.69, 9.17) is 10.8 Å². The molecule has 82 valence electrons. The molecule has 0 unspecified atom stereocenters. The van der Waals surface area contributed by atoms with E-state index in [0.717, 1.165) is 5.56 Å². The van der Waals surface area contributed by atoms with E-state index in [0.29, 0.717) is 12.8 Å². The number of aromatic nitrogens is 2. The number of carboxylic acids is 1. The second-order valence-corrected chi connectivity index (χ2v) is 2.59. The van der Waals surface area contributed by atoms with Crippen LogP contribution in [0.5, 0.6) is 0 Å². The van der Waals surface area contributed by atoms with Gasteiger partial charge in [0.25, 0.3) is 0 Å². The number of halogens is 2. The van der Waals surface area contributed by atoms with Crippen molar-refractivity contribution in [3.05, 3.63) is 18.0 Å². The summed E-state index contributed by atoms with van der Waals surface area (Å²) in [7, 11) is 0. The molecule has 1 aromatic heterocycles. The highest BCUT2D eigenvalue weighted by Gasteiger charge is 2.10. The number of carbonyl (C=O) groups is 1. The lowest BCUT2D eigenvalue weighted by atomic mass is 10.1. The fourth-order valence-corrected chi connectivity index (χ4v) is 0.860. The highest BCUT2D eigenvalue weighted by atomic mass is 35.5. The third kappa shape index (κ3) is 5.06. The van der Waals surface area contributed by atoms with Crippen LogP contribution >= 0.6 is 24.8 Å². The Labute approximate surface area is 93.9 Å². The fourth-order valence-electron chi connectivity index (χ4n) is 0.860. The number of nitrogens with one attached hydrogen (secondary N) is 1. The smallest absolute Gasteiger partial charge is 0.320 e. The number of hydrogen-bond acceptors (Lipinski definition) is 3. The Balaban J connectivity index is 0. The fraction of sp³-hybridized carbons (Fsp3) is 0.429. The Kier molecular flexibility index (Phi) is 8.52. The summed E-state index contributed by atoms with van der Waals surface area (Å²) in [5.74, 6) is -0.960. The number of aliphatic carboxylic acids is 1. The van der Waals surface area contributed by atoms with Crippen molar-refractivity contribution in [2.75, 3.05) is 0 Å². The van der Waals surface area contributed by atoms with Gasteiger partial charge >= 0.3 is 5.97 Å². The summed E-state index contributed by atoms with van der Waals surface area (Å²) in [5, 5.41) is 14.8. The average molecular weight is 242 g/mol. The number of nitrogens with two attached hydrogens (primary N) is 1. The van der Waals surface area contributed by atoms with Crippen LogP contribution in [-0.4, -0.2) is 27.3 Å². The number of rotatable bonds is 4. The van der Waals surface area contributed by atoms with E-state index >= 15 is 0 Å². The average Bonchev–Trinajstić information content (AvgIpc) is 2.51. The molecule has 5 nitrogen and oxygen atoms in total. The normalized spacial score (nSPS) is 10.9. The molecule has 0 amide bonds. The molecule has 0 aliphatic rings. The summed E-state index contributed by atoms with van der Waals surface area (Å²) in [5.41, 5.74) is 6.28. The van der Waals surface area contributed by atoms with E-state index in [2.05, 4.69) is 10.2 Å². The van der Waals surface area contributed by atoms with Gasteiger partial charge < -0.3 is 10.8 Å². The van der Waals surface area contributed by atoms with Crippen LogP contribution in [-0.2, 0) is 11.2 Å². The SMILES string of the molecule is Cl.Cl.N[C@@H](CCc1cn[nH]c1)C(=O)O. The molecule has 0 bridgehead atoms. The molecule has 0 radical (unpaired) electrons. The third-order valence-electron chi connectivity index (χ3n) is 1.62. The van der Waals surface area contributed by atoms with Gasteiger partial charge in [0.2, 0.25) is 0 Å². The number of carboxylic acid groups (broad SMARTS) is 1. The van der Waals surface area contributed by atoms with Crippen LogP contribution in [0.4, 0.5) is 0 Å². The summed E-state index contributed by atoms with van der Waals surface area (Å²) >= 11 is 0. The lowest BCUT2D eigenvalue weighted by molar-refractivity contribution is -0.138. The van der Waals surface area contributed by atoms with Crippen LogP contribution in [0.3, 0.4) is 0 Å². The maximum atomic E-state index is 10.3. The summed E-state index contributed by atoms with van der Waals surface area (Å²) in [6.45, 7) is 0. The first-order valence-corrected chi connectivity index (χ1v) is 3.66. The summed E-state index contributed by atoms with van der Waals surface area (Å²) < 4.78 is 0. The van der Waals surface area contributed by atoms with E-state index in [1.807, 2.05) is 0 Å². The minimum absolute atomic E-state index is 0. The van der Waals surface area contributed by atoms with Gasteiger partial charge in [-0.05, 0) is 18.4 Å². The molecular weight excluding hydrogens is 229 g/mol. The third-order valence-corrected chi connectivity index (χ3v) is 1.62. The van der Waals surface area contributed by atoms with Gasteiger partial charge in [0.05, 0.1) is 6.20 Å². The molecule has 1 atom stereocenters. The minimum Gasteiger partial charge on any atom is -0.480 e. The van der Waals surface area contributed by atoms with E-state index < -0.39 is 12.0 Å². The van der Waals surface area contributed by atoms with Crippen molar-refractivity contribution >= 4 is 30.8 Å². The molecular formula is C7H13Cl2N3O2. The quantitative estimate of drug-likeness (QED) is 0.720. The molecule has 14 heavy (non-hydrogen) atoms. The van der Waals surface area contributed by atoms with Gasteiger partial charge in [-0.1, -0.05) is 0 Å². The van der Waals surface area contributed by atoms with Gasteiger partial charge in [-0.3, -0.25) is 9.89 Å². The van der Waals surface area contributed by atoms with Crippen molar-refractivity contribution in [3.63, 3.8) is 0 Å². The predicted molar refractivity (Wildman–Crippen MR) is 57.0 cm³/mol. The van der Waals surface area contributed by atoms with E-state index in [-0.39, 0.29) is 24.8 Å². The van der Waals surface area contributed by atoms with Crippen molar-refractivity contribution in [1.82, 2.24) is 10.2 Å². The molecule has 1 heterocycles. The molecule has 0 aliphatic heterocycles. The molecule has 0 saturated carbocycles. The van der Waals surface area contributed by atoms with Crippen molar-refractivity contribution in [2.45, 2.75) is 18.9 Å². The summed E-state index contributed by atoms with van der Waals surface area (Å²) in [6, 6.07) is -0.778. The first kappa shape index (κ1) is 15.7. The van der Waals surface area contributed by atoms with Gasteiger partial charge in [0.15, 0.2) is 0 Å². The Morgan fingerprint density at radius 2 is 2.29 bits per heavy atom. The monoisotopic (exact) mass is 241 g/mol. The number of hydrogen-bond donors (Lipinski definition) is 3. The van der Waals surface area contributed by atoms with Gasteiger partial charge in [0, 0.05) is 6.20 Å². The highest BCUT2D eigenvalue weighted by Crippen LogP contribution is 2.00. The summed E-state index contributed by atoms with van der Waals surface area (Å²) in [4.78, 5) is 10.3. The topological polar surface area (TPSA) is 92.0 Å². The van der Waals surface area contributed by atoms with Crippen molar-refractivity contribution < 1.29 is 9.90 Å². The zero-order valence-corrected chi connectivity index (χ0v) is 8.98. The largest absolute Gasteiger partial charge is 0.480 e. The van der Waals surface area contributed by atoms with Crippen LogP contribution in [0.25, 0.3) is 0 Å². The van der Waals surface area contributed by atoms with E-state index in [1.165, 1.54) is 0 Å².